The molecule has 0 amide bonds. The van der Waals surface area contributed by atoms with Crippen molar-refractivity contribution < 1.29 is 23.5 Å². The minimum atomic E-state index is -2.28. The summed E-state index contributed by atoms with van der Waals surface area (Å²) in [7, 11) is -2.28. The minimum absolute atomic E-state index is 0.0190. The van der Waals surface area contributed by atoms with Gasteiger partial charge in [0.2, 0.25) is 5.95 Å². The molecule has 4 heterocycles. The van der Waals surface area contributed by atoms with Gasteiger partial charge in [-0.15, -0.1) is 9.05 Å². The molecule has 0 radical (unpaired) electrons. The first kappa shape index (κ1) is 14.7. The zero-order valence-corrected chi connectivity index (χ0v) is 12.9. The highest BCUT2D eigenvalue weighted by Crippen LogP contribution is 2.48. The fourth-order valence-corrected chi connectivity index (χ4v) is 3.79. The number of nitrogen functional groups attached to an aromatic ring is 2. The van der Waals surface area contributed by atoms with E-state index in [9.17, 15) is 9.67 Å². The molecule has 12 heteroatoms. The lowest BCUT2D eigenvalue weighted by Crippen LogP contribution is -2.46. The van der Waals surface area contributed by atoms with Gasteiger partial charge in [0.1, 0.15) is 23.8 Å². The second-order valence-electron chi connectivity index (χ2n) is 5.59. The van der Waals surface area contributed by atoms with E-state index in [0.717, 1.165) is 0 Å². The highest BCUT2D eigenvalue weighted by atomic mass is 31.1. The van der Waals surface area contributed by atoms with Crippen molar-refractivity contribution in [1.82, 2.24) is 19.5 Å². The van der Waals surface area contributed by atoms with Crippen LogP contribution in [0.1, 0.15) is 13.2 Å². The normalized spacial score (nSPS) is 35.6. The minimum Gasteiger partial charge on any atom is -0.382 e. The molecule has 2 fully saturated rings. The van der Waals surface area contributed by atoms with Gasteiger partial charge in [0.25, 0.3) is 0 Å². The number of fused-ring (bicyclic) bond motifs is 2. The van der Waals surface area contributed by atoms with Gasteiger partial charge in [0.15, 0.2) is 23.8 Å². The molecule has 2 aliphatic heterocycles. The first-order valence-electron chi connectivity index (χ1n) is 6.78. The number of anilines is 2. The molecular formula is C11H14N6O5P+. The van der Waals surface area contributed by atoms with Gasteiger partial charge in [0, 0.05) is 4.57 Å². The number of imidazole rings is 1. The summed E-state index contributed by atoms with van der Waals surface area (Å²) in [6, 6.07) is 0. The highest BCUT2D eigenvalue weighted by Gasteiger charge is 2.61. The Labute approximate surface area is 130 Å². The highest BCUT2D eigenvalue weighted by molar-refractivity contribution is 7.33. The number of aromatic nitrogens is 4. The van der Waals surface area contributed by atoms with E-state index in [1.165, 1.54) is 17.8 Å². The molecule has 5 N–H and O–H groups in total. The second-order valence-corrected chi connectivity index (χ2v) is 6.51. The third-order valence-electron chi connectivity index (χ3n) is 3.98. The van der Waals surface area contributed by atoms with Crippen LogP contribution >= 0.6 is 8.25 Å². The summed E-state index contributed by atoms with van der Waals surface area (Å²) in [5.41, 5.74) is 10.6. The Kier molecular flexibility index (Phi) is 3.06. The number of hydrogen-bond donors (Lipinski definition) is 3. The summed E-state index contributed by atoms with van der Waals surface area (Å²) in [4.78, 5) is 12.1. The molecule has 5 atom stereocenters. The van der Waals surface area contributed by atoms with Crippen molar-refractivity contribution in [2.75, 3.05) is 18.1 Å². The molecule has 122 valence electrons. The smallest absolute Gasteiger partial charge is 0.382 e. The Hall–Kier alpha value is -1.91. The summed E-state index contributed by atoms with van der Waals surface area (Å²) in [5.74, 6) is 0.110. The maximum absolute atomic E-state index is 11.5. The van der Waals surface area contributed by atoms with Gasteiger partial charge in [-0.1, -0.05) is 0 Å². The van der Waals surface area contributed by atoms with Crippen LogP contribution < -0.4 is 11.5 Å². The van der Waals surface area contributed by atoms with Crippen LogP contribution in [0.5, 0.6) is 0 Å². The summed E-state index contributed by atoms with van der Waals surface area (Å²) in [5, 5.41) is 10.8. The lowest BCUT2D eigenvalue weighted by molar-refractivity contribution is -0.0884. The molecule has 2 saturated heterocycles. The fraction of sp³-hybridized carbons (Fsp3) is 0.545. The Morgan fingerprint density at radius 3 is 3.04 bits per heavy atom. The Morgan fingerprint density at radius 1 is 1.48 bits per heavy atom. The van der Waals surface area contributed by atoms with Gasteiger partial charge >= 0.3 is 8.25 Å². The van der Waals surface area contributed by atoms with Crippen molar-refractivity contribution in [2.45, 2.75) is 31.0 Å². The molecule has 0 aliphatic carbocycles. The van der Waals surface area contributed by atoms with Gasteiger partial charge in [-0.05, 0) is 6.92 Å². The van der Waals surface area contributed by atoms with Gasteiger partial charge in [-0.2, -0.15) is 9.97 Å². The zero-order chi connectivity index (χ0) is 16.4. The average molecular weight is 341 g/mol. The van der Waals surface area contributed by atoms with Gasteiger partial charge < -0.3 is 21.3 Å². The quantitative estimate of drug-likeness (QED) is 0.588. The zero-order valence-electron chi connectivity index (χ0n) is 12.0. The first-order valence-corrected chi connectivity index (χ1v) is 7.88. The number of rotatable bonds is 1. The van der Waals surface area contributed by atoms with Crippen molar-refractivity contribution in [3.8, 4) is 0 Å². The predicted octanol–water partition coefficient (Wildman–Crippen LogP) is -0.288. The largest absolute Gasteiger partial charge is 0.697 e. The van der Waals surface area contributed by atoms with E-state index < -0.39 is 32.3 Å². The van der Waals surface area contributed by atoms with Crippen LogP contribution in [0.15, 0.2) is 6.33 Å². The molecule has 11 nitrogen and oxygen atoms in total. The third kappa shape index (κ3) is 2.09. The predicted molar refractivity (Wildman–Crippen MR) is 77.1 cm³/mol. The van der Waals surface area contributed by atoms with E-state index >= 15 is 0 Å². The van der Waals surface area contributed by atoms with Crippen LogP contribution in [0.3, 0.4) is 0 Å². The van der Waals surface area contributed by atoms with Crippen LogP contribution in [-0.4, -0.2) is 49.0 Å². The molecule has 0 saturated carbocycles. The summed E-state index contributed by atoms with van der Waals surface area (Å²) < 4.78 is 28.9. The van der Waals surface area contributed by atoms with Crippen molar-refractivity contribution in [3.05, 3.63) is 6.33 Å². The van der Waals surface area contributed by atoms with Crippen molar-refractivity contribution in [1.29, 1.82) is 0 Å². The Bertz CT molecular complexity index is 810. The van der Waals surface area contributed by atoms with Gasteiger partial charge in [0.05, 0.1) is 6.33 Å². The molecule has 4 rings (SSSR count). The molecule has 2 aromatic rings. The molecule has 2 aliphatic rings. The van der Waals surface area contributed by atoms with Crippen LogP contribution in [0.4, 0.5) is 11.8 Å². The molecule has 1 unspecified atom stereocenters. The van der Waals surface area contributed by atoms with Gasteiger partial charge in [-0.25, -0.2) is 4.98 Å². The SMILES string of the molecule is C[C@@]1(O)[C@@H]2O[P+](=O)OC[C@H]2O[C@H]1n1cnc2c(N)nc(N)nc21. The van der Waals surface area contributed by atoms with E-state index in [1.54, 1.807) is 0 Å². The lowest BCUT2D eigenvalue weighted by atomic mass is 9.96. The van der Waals surface area contributed by atoms with Crippen molar-refractivity contribution in [3.63, 3.8) is 0 Å². The van der Waals surface area contributed by atoms with E-state index in [4.69, 9.17) is 25.3 Å². The molecule has 2 aromatic heterocycles. The van der Waals surface area contributed by atoms with Crippen molar-refractivity contribution in [2.24, 2.45) is 0 Å². The molecular weight excluding hydrogens is 327 g/mol. The standard InChI is InChI=1S/C11H14N6O5P/c1-11(18)6-4(2-20-23(19)22-6)21-9(11)17-3-14-5-7(12)15-10(13)16-8(5)17/h3-4,6,9,18H,2H2,1H3,(H4,12,13,15,16)/q+1/t4-,6-,9-,11-/m1/s1. The maximum atomic E-state index is 11.5. The van der Waals surface area contributed by atoms with Crippen molar-refractivity contribution >= 4 is 31.2 Å². The molecule has 0 bridgehead atoms. The number of hydrogen-bond acceptors (Lipinski definition) is 10. The van der Waals surface area contributed by atoms with Crippen LogP contribution in [-0.2, 0) is 18.3 Å². The number of ether oxygens (including phenoxy) is 1. The lowest BCUT2D eigenvalue weighted by Gasteiger charge is -2.27. The van der Waals surface area contributed by atoms with Crippen LogP contribution in [0.25, 0.3) is 11.2 Å². The summed E-state index contributed by atoms with van der Waals surface area (Å²) in [6.07, 6.45) is -0.844. The molecule has 0 aromatic carbocycles. The second kappa shape index (κ2) is 4.79. The summed E-state index contributed by atoms with van der Waals surface area (Å²) in [6.45, 7) is 1.58. The number of nitrogens with zero attached hydrogens (tertiary/aromatic N) is 4. The van der Waals surface area contributed by atoms with Crippen LogP contribution in [0, 0.1) is 0 Å². The average Bonchev–Trinajstić information content (AvgIpc) is 2.99. The number of nitrogens with two attached hydrogens (primary N) is 2. The Morgan fingerprint density at radius 2 is 2.26 bits per heavy atom. The maximum Gasteiger partial charge on any atom is 0.697 e. The Balaban J connectivity index is 1.80. The fourth-order valence-electron chi connectivity index (χ4n) is 2.92. The van der Waals surface area contributed by atoms with Crippen LogP contribution in [0.2, 0.25) is 0 Å². The number of aliphatic hydroxyl groups is 1. The first-order chi connectivity index (χ1) is 10.9. The van der Waals surface area contributed by atoms with E-state index in [-0.39, 0.29) is 18.4 Å². The van der Waals surface area contributed by atoms with E-state index in [0.29, 0.717) is 11.2 Å². The van der Waals surface area contributed by atoms with E-state index in [2.05, 4.69) is 15.0 Å². The third-order valence-corrected chi connectivity index (χ3v) is 4.74. The monoisotopic (exact) mass is 341 g/mol. The summed E-state index contributed by atoms with van der Waals surface area (Å²) >= 11 is 0. The molecule has 23 heavy (non-hydrogen) atoms. The topological polar surface area (TPSA) is 161 Å². The van der Waals surface area contributed by atoms with E-state index in [1.807, 2.05) is 0 Å². The molecule has 0 spiro atoms. The van der Waals surface area contributed by atoms with Gasteiger partial charge in [-0.3, -0.25) is 4.57 Å².